The molecule has 104 valence electrons. The summed E-state index contributed by atoms with van der Waals surface area (Å²) in [7, 11) is 0. The molecule has 8 heteroatoms. The Hall–Kier alpha value is -1.15. The first-order valence-electron chi connectivity index (χ1n) is 5.60. The third-order valence-corrected chi connectivity index (χ3v) is 2.81. The van der Waals surface area contributed by atoms with Crippen LogP contribution in [0.2, 0.25) is 0 Å². The molecule has 0 saturated carbocycles. The number of aliphatic hydroxyl groups is 1. The molecule has 0 radical (unpaired) electrons. The molecule has 0 bridgehead atoms. The van der Waals surface area contributed by atoms with Crippen molar-refractivity contribution in [3.05, 3.63) is 12.2 Å². The minimum absolute atomic E-state index is 0.0407. The van der Waals surface area contributed by atoms with Gasteiger partial charge in [0, 0.05) is 12.1 Å². The number of hydrogen-bond donors (Lipinski definition) is 2. The molecule has 2 atom stereocenters. The molecular weight excluding hydrogens is 249 g/mol. The summed E-state index contributed by atoms with van der Waals surface area (Å²) >= 11 is 0. The second-order valence-corrected chi connectivity index (χ2v) is 4.40. The van der Waals surface area contributed by atoms with Gasteiger partial charge >= 0.3 is 6.18 Å². The van der Waals surface area contributed by atoms with Crippen molar-refractivity contribution in [3.63, 3.8) is 0 Å². The fourth-order valence-electron chi connectivity index (χ4n) is 1.70. The standard InChI is InChI=1S/C10H17F3N4O/c1-4-7(14)9(18,10(11,12)13)8-15-5-16-17(8)6(2)3/h5-7,18H,4,14H2,1-3H3. The maximum absolute atomic E-state index is 13.1. The molecule has 1 aromatic rings. The lowest BCUT2D eigenvalue weighted by Crippen LogP contribution is -2.57. The molecule has 1 aromatic heterocycles. The highest BCUT2D eigenvalue weighted by atomic mass is 19.4. The number of halogens is 3. The van der Waals surface area contributed by atoms with Crippen molar-refractivity contribution in [1.82, 2.24) is 14.8 Å². The molecule has 1 heterocycles. The molecule has 0 aromatic carbocycles. The van der Waals surface area contributed by atoms with E-state index < -0.39 is 23.6 Å². The number of nitrogens with zero attached hydrogens (tertiary/aromatic N) is 3. The third kappa shape index (κ3) is 2.22. The summed E-state index contributed by atoms with van der Waals surface area (Å²) in [6.07, 6.45) is -3.97. The first kappa shape index (κ1) is 14.9. The van der Waals surface area contributed by atoms with Gasteiger partial charge in [-0.1, -0.05) is 6.92 Å². The molecule has 0 aliphatic carbocycles. The number of hydrogen-bond acceptors (Lipinski definition) is 4. The topological polar surface area (TPSA) is 77.0 Å². The van der Waals surface area contributed by atoms with Crippen molar-refractivity contribution >= 4 is 0 Å². The molecule has 2 unspecified atom stereocenters. The van der Waals surface area contributed by atoms with E-state index in [-0.39, 0.29) is 12.5 Å². The third-order valence-electron chi connectivity index (χ3n) is 2.81. The summed E-state index contributed by atoms with van der Waals surface area (Å²) in [5.41, 5.74) is 2.25. The Bertz CT molecular complexity index is 404. The van der Waals surface area contributed by atoms with Crippen LogP contribution < -0.4 is 5.73 Å². The Labute approximate surface area is 103 Å². The largest absolute Gasteiger partial charge is 0.426 e. The van der Waals surface area contributed by atoms with Crippen LogP contribution in [0.4, 0.5) is 13.2 Å². The van der Waals surface area contributed by atoms with Gasteiger partial charge in [-0.3, -0.25) is 0 Å². The lowest BCUT2D eigenvalue weighted by Gasteiger charge is -2.34. The number of nitrogens with two attached hydrogens (primary N) is 1. The van der Waals surface area contributed by atoms with Gasteiger partial charge in [-0.25, -0.2) is 9.67 Å². The van der Waals surface area contributed by atoms with Crippen molar-refractivity contribution in [2.75, 3.05) is 0 Å². The maximum atomic E-state index is 13.1. The molecule has 3 N–H and O–H groups in total. The second-order valence-electron chi connectivity index (χ2n) is 4.40. The molecule has 0 fully saturated rings. The van der Waals surface area contributed by atoms with E-state index in [9.17, 15) is 18.3 Å². The van der Waals surface area contributed by atoms with Crippen LogP contribution in [0.1, 0.15) is 39.1 Å². The summed E-state index contributed by atoms with van der Waals surface area (Å²) in [6, 6.07) is -1.86. The average Bonchev–Trinajstić information content (AvgIpc) is 2.74. The summed E-state index contributed by atoms with van der Waals surface area (Å²) in [6.45, 7) is 4.76. The van der Waals surface area contributed by atoms with Crippen LogP contribution in [0.25, 0.3) is 0 Å². The van der Waals surface area contributed by atoms with Crippen LogP contribution >= 0.6 is 0 Å². The predicted octanol–water partition coefficient (Wildman–Crippen LogP) is 1.35. The normalized spacial score (nSPS) is 17.8. The summed E-state index contributed by atoms with van der Waals surface area (Å²) in [5.74, 6) is -0.570. The van der Waals surface area contributed by atoms with Gasteiger partial charge in [-0.05, 0) is 20.3 Å². The van der Waals surface area contributed by atoms with E-state index in [1.807, 2.05) is 0 Å². The first-order valence-corrected chi connectivity index (χ1v) is 5.60. The molecule has 0 saturated heterocycles. The van der Waals surface area contributed by atoms with Crippen LogP contribution in [0.15, 0.2) is 6.33 Å². The highest BCUT2D eigenvalue weighted by molar-refractivity contribution is 5.11. The van der Waals surface area contributed by atoms with Crippen molar-refractivity contribution in [1.29, 1.82) is 0 Å². The predicted molar refractivity (Wildman–Crippen MR) is 58.6 cm³/mol. The van der Waals surface area contributed by atoms with Gasteiger partial charge in [0.25, 0.3) is 0 Å². The van der Waals surface area contributed by atoms with Gasteiger partial charge in [0.1, 0.15) is 6.33 Å². The molecule has 5 nitrogen and oxygen atoms in total. The van der Waals surface area contributed by atoms with Gasteiger partial charge in [0.15, 0.2) is 5.82 Å². The molecule has 0 amide bonds. The lowest BCUT2D eigenvalue weighted by molar-refractivity contribution is -0.279. The number of aromatic nitrogens is 3. The van der Waals surface area contributed by atoms with Crippen LogP contribution in [-0.2, 0) is 5.60 Å². The first-order chi connectivity index (χ1) is 8.16. The van der Waals surface area contributed by atoms with Gasteiger partial charge in [0.05, 0.1) is 0 Å². The molecule has 0 aliphatic heterocycles. The van der Waals surface area contributed by atoms with Gasteiger partial charge in [-0.2, -0.15) is 18.3 Å². The zero-order valence-corrected chi connectivity index (χ0v) is 10.4. The summed E-state index contributed by atoms with van der Waals surface area (Å²) in [5, 5.41) is 13.7. The molecule has 18 heavy (non-hydrogen) atoms. The Balaban J connectivity index is 3.40. The second kappa shape index (κ2) is 4.85. The summed E-state index contributed by atoms with van der Waals surface area (Å²) in [4.78, 5) is 3.55. The molecule has 1 rings (SSSR count). The Morgan fingerprint density at radius 1 is 1.44 bits per heavy atom. The van der Waals surface area contributed by atoms with E-state index in [0.717, 1.165) is 11.0 Å². The number of rotatable bonds is 4. The van der Waals surface area contributed by atoms with Gasteiger partial charge in [-0.15, -0.1) is 0 Å². The average molecular weight is 266 g/mol. The van der Waals surface area contributed by atoms with E-state index >= 15 is 0 Å². The van der Waals surface area contributed by atoms with Crippen LogP contribution in [0.5, 0.6) is 0 Å². The van der Waals surface area contributed by atoms with E-state index in [2.05, 4.69) is 10.1 Å². The molecular formula is C10H17F3N4O. The SMILES string of the molecule is CCC(N)C(O)(c1ncnn1C(C)C)C(F)(F)F. The fourth-order valence-corrected chi connectivity index (χ4v) is 1.70. The lowest BCUT2D eigenvalue weighted by atomic mass is 9.90. The van der Waals surface area contributed by atoms with E-state index in [4.69, 9.17) is 5.73 Å². The maximum Gasteiger partial charge on any atom is 0.426 e. The van der Waals surface area contributed by atoms with E-state index in [0.29, 0.717) is 0 Å². The van der Waals surface area contributed by atoms with Gasteiger partial charge < -0.3 is 10.8 Å². The van der Waals surface area contributed by atoms with Crippen molar-refractivity contribution in [2.24, 2.45) is 5.73 Å². The minimum Gasteiger partial charge on any atom is -0.373 e. The van der Waals surface area contributed by atoms with Crippen molar-refractivity contribution in [2.45, 2.75) is 51.1 Å². The van der Waals surface area contributed by atoms with Gasteiger partial charge in [0.2, 0.25) is 5.60 Å². The quantitative estimate of drug-likeness (QED) is 0.862. The van der Waals surface area contributed by atoms with Crippen molar-refractivity contribution < 1.29 is 18.3 Å². The Kier molecular flexibility index (Phi) is 4.02. The highest BCUT2D eigenvalue weighted by Crippen LogP contribution is 2.41. The van der Waals surface area contributed by atoms with Crippen molar-refractivity contribution in [3.8, 4) is 0 Å². The van der Waals surface area contributed by atoms with E-state index in [1.54, 1.807) is 13.8 Å². The van der Waals surface area contributed by atoms with Crippen LogP contribution in [0, 0.1) is 0 Å². The van der Waals surface area contributed by atoms with Crippen LogP contribution in [0.3, 0.4) is 0 Å². The Morgan fingerprint density at radius 2 is 2.00 bits per heavy atom. The van der Waals surface area contributed by atoms with E-state index in [1.165, 1.54) is 6.92 Å². The molecule has 0 spiro atoms. The summed E-state index contributed by atoms with van der Waals surface area (Å²) < 4.78 is 40.4. The van der Waals surface area contributed by atoms with Crippen LogP contribution in [-0.4, -0.2) is 32.1 Å². The number of alkyl halides is 3. The smallest absolute Gasteiger partial charge is 0.373 e. The Morgan fingerprint density at radius 3 is 2.39 bits per heavy atom. The zero-order chi connectivity index (χ0) is 14.1. The monoisotopic (exact) mass is 266 g/mol. The molecule has 0 aliphatic rings. The fraction of sp³-hybridized carbons (Fsp3) is 0.800. The highest BCUT2D eigenvalue weighted by Gasteiger charge is 2.61. The zero-order valence-electron chi connectivity index (χ0n) is 10.4. The minimum atomic E-state index is -4.91.